The highest BCUT2D eigenvalue weighted by molar-refractivity contribution is 6.05. The van der Waals surface area contributed by atoms with Crippen LogP contribution in [0.2, 0.25) is 0 Å². The van der Waals surface area contributed by atoms with E-state index in [0.717, 1.165) is 11.1 Å². The van der Waals surface area contributed by atoms with Crippen molar-refractivity contribution in [3.8, 4) is 11.1 Å². The van der Waals surface area contributed by atoms with Crippen molar-refractivity contribution in [3.63, 3.8) is 0 Å². The SMILES string of the molecule is NC(=O)c1cc(-c2ccccc2)ccc1C(=O)O. The van der Waals surface area contributed by atoms with E-state index in [0.29, 0.717) is 0 Å². The first kappa shape index (κ1) is 11.9. The van der Waals surface area contributed by atoms with Gasteiger partial charge in [-0.25, -0.2) is 4.79 Å². The number of hydrogen-bond acceptors (Lipinski definition) is 2. The average Bonchev–Trinajstić information content (AvgIpc) is 2.39. The Bertz CT molecular complexity index is 606. The molecule has 0 spiro atoms. The second-order valence-electron chi connectivity index (χ2n) is 3.80. The molecule has 90 valence electrons. The van der Waals surface area contributed by atoms with E-state index in [-0.39, 0.29) is 11.1 Å². The number of primary amides is 1. The summed E-state index contributed by atoms with van der Waals surface area (Å²) in [6.07, 6.45) is 0. The molecule has 0 unspecified atom stereocenters. The highest BCUT2D eigenvalue weighted by Crippen LogP contribution is 2.22. The van der Waals surface area contributed by atoms with Gasteiger partial charge in [0.05, 0.1) is 11.1 Å². The summed E-state index contributed by atoms with van der Waals surface area (Å²) >= 11 is 0. The second-order valence-corrected chi connectivity index (χ2v) is 3.80. The lowest BCUT2D eigenvalue weighted by molar-refractivity contribution is 0.0692. The van der Waals surface area contributed by atoms with Crippen molar-refractivity contribution in [2.75, 3.05) is 0 Å². The molecule has 4 heteroatoms. The highest BCUT2D eigenvalue weighted by Gasteiger charge is 2.15. The minimum absolute atomic E-state index is 0.0175. The summed E-state index contributed by atoms with van der Waals surface area (Å²) in [5.41, 5.74) is 6.79. The maximum absolute atomic E-state index is 11.3. The van der Waals surface area contributed by atoms with E-state index in [1.54, 1.807) is 6.07 Å². The summed E-state index contributed by atoms with van der Waals surface area (Å²) in [5, 5.41) is 8.97. The largest absolute Gasteiger partial charge is 0.478 e. The van der Waals surface area contributed by atoms with E-state index in [1.165, 1.54) is 12.1 Å². The van der Waals surface area contributed by atoms with Crippen LogP contribution in [0.5, 0.6) is 0 Å². The van der Waals surface area contributed by atoms with Gasteiger partial charge < -0.3 is 10.8 Å². The minimum atomic E-state index is -1.16. The van der Waals surface area contributed by atoms with Crippen molar-refractivity contribution in [1.29, 1.82) is 0 Å². The second kappa shape index (κ2) is 4.71. The molecule has 0 aliphatic rings. The van der Waals surface area contributed by atoms with Crippen LogP contribution in [0.4, 0.5) is 0 Å². The van der Waals surface area contributed by atoms with Crippen LogP contribution >= 0.6 is 0 Å². The molecule has 2 aromatic carbocycles. The van der Waals surface area contributed by atoms with Gasteiger partial charge in [-0.1, -0.05) is 36.4 Å². The Morgan fingerprint density at radius 2 is 1.56 bits per heavy atom. The van der Waals surface area contributed by atoms with Crippen LogP contribution in [-0.2, 0) is 0 Å². The number of carboxylic acids is 1. The van der Waals surface area contributed by atoms with Crippen molar-refractivity contribution in [1.82, 2.24) is 0 Å². The Balaban J connectivity index is 2.57. The van der Waals surface area contributed by atoms with Gasteiger partial charge >= 0.3 is 5.97 Å². The molecule has 0 heterocycles. The Kier molecular flexibility index (Phi) is 3.10. The van der Waals surface area contributed by atoms with Crippen LogP contribution < -0.4 is 5.73 Å². The van der Waals surface area contributed by atoms with E-state index in [1.807, 2.05) is 30.3 Å². The molecule has 1 amide bonds. The highest BCUT2D eigenvalue weighted by atomic mass is 16.4. The summed E-state index contributed by atoms with van der Waals surface area (Å²) in [5.74, 6) is -1.91. The zero-order chi connectivity index (χ0) is 13.1. The Labute approximate surface area is 104 Å². The molecule has 0 aliphatic carbocycles. The minimum Gasteiger partial charge on any atom is -0.478 e. The predicted octanol–water partition coefficient (Wildman–Crippen LogP) is 2.15. The van der Waals surface area contributed by atoms with Crippen LogP contribution in [0.3, 0.4) is 0 Å². The maximum atomic E-state index is 11.3. The molecule has 4 nitrogen and oxygen atoms in total. The molecule has 0 saturated carbocycles. The standard InChI is InChI=1S/C14H11NO3/c15-13(16)12-8-10(6-7-11(12)14(17)18)9-4-2-1-3-5-9/h1-8H,(H2,15,16)(H,17,18). The van der Waals surface area contributed by atoms with Crippen molar-refractivity contribution in [2.45, 2.75) is 0 Å². The van der Waals surface area contributed by atoms with Crippen molar-refractivity contribution in [2.24, 2.45) is 5.73 Å². The zero-order valence-corrected chi connectivity index (χ0v) is 9.46. The van der Waals surface area contributed by atoms with Gasteiger partial charge in [-0.05, 0) is 23.3 Å². The third kappa shape index (κ3) is 2.22. The van der Waals surface area contributed by atoms with E-state index in [9.17, 15) is 9.59 Å². The molecule has 18 heavy (non-hydrogen) atoms. The fraction of sp³-hybridized carbons (Fsp3) is 0. The lowest BCUT2D eigenvalue weighted by atomic mass is 9.99. The third-order valence-corrected chi connectivity index (χ3v) is 2.62. The molecule has 0 fully saturated rings. The fourth-order valence-corrected chi connectivity index (χ4v) is 1.74. The molecule has 2 aromatic rings. The number of carbonyl (C=O) groups excluding carboxylic acids is 1. The first-order valence-corrected chi connectivity index (χ1v) is 5.32. The fourth-order valence-electron chi connectivity index (χ4n) is 1.74. The van der Waals surface area contributed by atoms with Crippen LogP contribution in [0.1, 0.15) is 20.7 Å². The molecule has 0 saturated heterocycles. The molecular formula is C14H11NO3. The van der Waals surface area contributed by atoms with Crippen LogP contribution in [0.25, 0.3) is 11.1 Å². The van der Waals surface area contributed by atoms with Gasteiger partial charge in [0.15, 0.2) is 0 Å². The number of benzene rings is 2. The van der Waals surface area contributed by atoms with Gasteiger partial charge in [0.25, 0.3) is 0 Å². The van der Waals surface area contributed by atoms with Crippen molar-refractivity contribution >= 4 is 11.9 Å². The summed E-state index contributed by atoms with van der Waals surface area (Å²) in [6.45, 7) is 0. The topological polar surface area (TPSA) is 80.4 Å². The average molecular weight is 241 g/mol. The first-order chi connectivity index (χ1) is 8.59. The molecule has 3 N–H and O–H groups in total. The Hall–Kier alpha value is -2.62. The quantitative estimate of drug-likeness (QED) is 0.863. The van der Waals surface area contributed by atoms with Crippen LogP contribution in [0, 0.1) is 0 Å². The lowest BCUT2D eigenvalue weighted by Crippen LogP contribution is -2.16. The number of rotatable bonds is 3. The van der Waals surface area contributed by atoms with Crippen molar-refractivity contribution < 1.29 is 14.7 Å². The summed E-state index contributed by atoms with van der Waals surface area (Å²) in [7, 11) is 0. The smallest absolute Gasteiger partial charge is 0.336 e. The van der Waals surface area contributed by atoms with Gasteiger partial charge in [-0.3, -0.25) is 4.79 Å². The molecule has 0 aromatic heterocycles. The number of aromatic carboxylic acids is 1. The van der Waals surface area contributed by atoms with E-state index >= 15 is 0 Å². The van der Waals surface area contributed by atoms with Gasteiger partial charge in [-0.2, -0.15) is 0 Å². The predicted molar refractivity (Wildman–Crippen MR) is 67.4 cm³/mol. The lowest BCUT2D eigenvalue weighted by Gasteiger charge is -2.06. The summed E-state index contributed by atoms with van der Waals surface area (Å²) < 4.78 is 0. The Morgan fingerprint density at radius 1 is 0.889 bits per heavy atom. The molecular weight excluding hydrogens is 230 g/mol. The number of carboxylic acid groups (broad SMARTS) is 1. The van der Waals surface area contributed by atoms with Gasteiger partial charge in [0.1, 0.15) is 0 Å². The number of amides is 1. The zero-order valence-electron chi connectivity index (χ0n) is 9.46. The van der Waals surface area contributed by atoms with E-state index in [4.69, 9.17) is 10.8 Å². The third-order valence-electron chi connectivity index (χ3n) is 2.62. The number of hydrogen-bond donors (Lipinski definition) is 2. The number of carbonyl (C=O) groups is 2. The van der Waals surface area contributed by atoms with Gasteiger partial charge in [0.2, 0.25) is 5.91 Å². The monoisotopic (exact) mass is 241 g/mol. The number of nitrogens with two attached hydrogens (primary N) is 1. The molecule has 2 rings (SSSR count). The van der Waals surface area contributed by atoms with Gasteiger partial charge in [0, 0.05) is 0 Å². The van der Waals surface area contributed by atoms with Gasteiger partial charge in [-0.15, -0.1) is 0 Å². The summed E-state index contributed by atoms with van der Waals surface area (Å²) in [4.78, 5) is 22.2. The first-order valence-electron chi connectivity index (χ1n) is 5.32. The molecule has 0 aliphatic heterocycles. The summed E-state index contributed by atoms with van der Waals surface area (Å²) in [6, 6.07) is 13.9. The molecule has 0 radical (unpaired) electrons. The maximum Gasteiger partial charge on any atom is 0.336 e. The van der Waals surface area contributed by atoms with E-state index in [2.05, 4.69) is 0 Å². The van der Waals surface area contributed by atoms with E-state index < -0.39 is 11.9 Å². The molecule has 0 atom stereocenters. The van der Waals surface area contributed by atoms with Crippen molar-refractivity contribution in [3.05, 3.63) is 59.7 Å². The Morgan fingerprint density at radius 3 is 2.11 bits per heavy atom. The normalized spacial score (nSPS) is 10.0. The van der Waals surface area contributed by atoms with Crippen LogP contribution in [0.15, 0.2) is 48.5 Å². The van der Waals surface area contributed by atoms with Crippen LogP contribution in [-0.4, -0.2) is 17.0 Å². The molecule has 0 bridgehead atoms.